The summed E-state index contributed by atoms with van der Waals surface area (Å²) in [7, 11) is 0. The largest absolute Gasteiger partial charge is 0.598 e. The molecule has 1 aromatic rings. The van der Waals surface area contributed by atoms with Crippen molar-refractivity contribution in [1.82, 2.24) is 4.31 Å². The van der Waals surface area contributed by atoms with Crippen LogP contribution in [-0.4, -0.2) is 40.4 Å². The van der Waals surface area contributed by atoms with Crippen molar-refractivity contribution in [2.75, 3.05) is 25.5 Å². The zero-order valence-electron chi connectivity index (χ0n) is 14.1. The monoisotopic (exact) mass is 333 g/mol. The molecule has 2 atom stereocenters. The Morgan fingerprint density at radius 1 is 1.30 bits per heavy atom. The summed E-state index contributed by atoms with van der Waals surface area (Å²) >= 11 is -0.935. The molecule has 2 rings (SSSR count). The van der Waals surface area contributed by atoms with Crippen LogP contribution in [0.5, 0.6) is 0 Å². The van der Waals surface area contributed by atoms with Crippen LogP contribution in [-0.2, 0) is 16.1 Å². The van der Waals surface area contributed by atoms with E-state index in [0.717, 1.165) is 30.7 Å². The molecule has 0 aliphatic carbocycles. The Morgan fingerprint density at radius 2 is 2.09 bits per heavy atom. The summed E-state index contributed by atoms with van der Waals surface area (Å²) in [5.74, 6) is 0.738. The maximum atomic E-state index is 12.6. The number of unbranched alkanes of at least 4 members (excludes halogenated alkanes) is 1. The van der Waals surface area contributed by atoms with Gasteiger partial charge < -0.3 is 9.29 Å². The third-order valence-electron chi connectivity index (χ3n) is 3.90. The number of rotatable bonds is 9. The highest BCUT2D eigenvalue weighted by molar-refractivity contribution is 7.89. The number of hydrogen-bond donors (Lipinski definition) is 0. The van der Waals surface area contributed by atoms with Crippen LogP contribution in [0.3, 0.4) is 0 Å². The fourth-order valence-electron chi connectivity index (χ4n) is 2.57. The smallest absolute Gasteiger partial charge is 0.125 e. The van der Waals surface area contributed by atoms with Crippen LogP contribution >= 0.6 is 0 Å². The summed E-state index contributed by atoms with van der Waals surface area (Å²) in [5.41, 5.74) is 2.37. The Morgan fingerprint density at radius 3 is 2.78 bits per heavy atom. The van der Waals surface area contributed by atoms with Crippen molar-refractivity contribution in [3.8, 4) is 0 Å². The first kappa shape index (κ1) is 18.3. The van der Waals surface area contributed by atoms with Crippen LogP contribution in [0.4, 0.5) is 0 Å². The van der Waals surface area contributed by atoms with E-state index in [2.05, 4.69) is 41.6 Å². The number of hydrogen-bond acceptors (Lipinski definition) is 3. The molecule has 1 heterocycles. The first-order chi connectivity index (χ1) is 11.3. The van der Waals surface area contributed by atoms with Gasteiger partial charge in [0.2, 0.25) is 0 Å². The number of ether oxygens (including phenoxy) is 1. The lowest BCUT2D eigenvalue weighted by Crippen LogP contribution is -2.38. The Hall–Kier alpha value is -1.07. The second-order valence-electron chi connectivity index (χ2n) is 5.61. The minimum absolute atomic E-state index is 0.0689. The average molecular weight is 333 g/mol. The van der Waals surface area contributed by atoms with E-state index in [1.165, 1.54) is 5.57 Å². The van der Waals surface area contributed by atoms with Gasteiger partial charge in [-0.15, -0.1) is 4.31 Å². The van der Waals surface area contributed by atoms with E-state index in [0.29, 0.717) is 13.2 Å². The maximum Gasteiger partial charge on any atom is 0.125 e. The maximum absolute atomic E-state index is 12.6. The molecular weight excluding hydrogens is 306 g/mol. The molecule has 1 aromatic carbocycles. The summed E-state index contributed by atoms with van der Waals surface area (Å²) in [5, 5.41) is 0. The molecule has 0 saturated heterocycles. The van der Waals surface area contributed by atoms with Crippen LogP contribution in [0.2, 0.25) is 0 Å². The lowest BCUT2D eigenvalue weighted by Gasteiger charge is -2.26. The van der Waals surface area contributed by atoms with E-state index in [9.17, 15) is 4.55 Å². The second kappa shape index (κ2) is 9.93. The molecule has 0 amide bonds. The van der Waals surface area contributed by atoms with Crippen molar-refractivity contribution in [3.63, 3.8) is 0 Å². The molecule has 0 fully saturated rings. The van der Waals surface area contributed by atoms with Gasteiger partial charge in [0.15, 0.2) is 0 Å². The topological polar surface area (TPSA) is 35.5 Å². The van der Waals surface area contributed by atoms with Gasteiger partial charge in [0, 0.05) is 18.0 Å². The first-order valence-electron chi connectivity index (χ1n) is 8.41. The van der Waals surface area contributed by atoms with E-state index in [1.54, 1.807) is 0 Å². The predicted octanol–water partition coefficient (Wildman–Crippen LogP) is 3.81. The molecule has 0 N–H and O–H groups in total. The van der Waals surface area contributed by atoms with Crippen LogP contribution in [0, 0.1) is 0 Å². The van der Waals surface area contributed by atoms with Crippen LogP contribution in [0.1, 0.15) is 32.3 Å². The zero-order chi connectivity index (χ0) is 16.5. The average Bonchev–Trinajstić information content (AvgIpc) is 2.99. The minimum Gasteiger partial charge on any atom is -0.598 e. The van der Waals surface area contributed by atoms with Gasteiger partial charge in [-0.25, -0.2) is 0 Å². The van der Waals surface area contributed by atoms with Gasteiger partial charge in [0.1, 0.15) is 5.75 Å². The van der Waals surface area contributed by atoms with Gasteiger partial charge in [0.05, 0.1) is 19.2 Å². The normalized spacial score (nSPS) is 20.1. The number of benzene rings is 1. The van der Waals surface area contributed by atoms with Gasteiger partial charge in [-0.05, 0) is 24.5 Å². The summed E-state index contributed by atoms with van der Waals surface area (Å²) in [6, 6.07) is 10.3. The van der Waals surface area contributed by atoms with E-state index in [1.807, 2.05) is 25.1 Å². The molecule has 4 heteroatoms. The van der Waals surface area contributed by atoms with E-state index in [4.69, 9.17) is 4.74 Å². The third kappa shape index (κ3) is 5.50. The highest BCUT2D eigenvalue weighted by Gasteiger charge is 2.33. The van der Waals surface area contributed by atoms with Gasteiger partial charge in [-0.3, -0.25) is 0 Å². The number of nitrogens with zero attached hydrogens (tertiary/aromatic N) is 1. The Bertz CT molecular complexity index is 515. The molecule has 3 nitrogen and oxygen atoms in total. The van der Waals surface area contributed by atoms with E-state index in [-0.39, 0.29) is 6.04 Å². The van der Waals surface area contributed by atoms with E-state index >= 15 is 0 Å². The van der Waals surface area contributed by atoms with Crippen molar-refractivity contribution >= 4 is 17.4 Å². The molecule has 1 aliphatic heterocycles. The SMILES string of the molecule is CCCC[S@+]([O-])N1CC=C(COCC)[C@@H]1/C=C/c1ccccc1. The summed E-state index contributed by atoms with van der Waals surface area (Å²) in [6.45, 7) is 6.18. The fraction of sp³-hybridized carbons (Fsp3) is 0.474. The van der Waals surface area contributed by atoms with E-state index < -0.39 is 11.4 Å². The van der Waals surface area contributed by atoms with Crippen molar-refractivity contribution in [3.05, 3.63) is 53.6 Å². The lowest BCUT2D eigenvalue weighted by molar-refractivity contribution is 0.166. The highest BCUT2D eigenvalue weighted by Crippen LogP contribution is 2.25. The minimum atomic E-state index is -0.935. The van der Waals surface area contributed by atoms with Crippen molar-refractivity contribution in [1.29, 1.82) is 0 Å². The molecule has 0 radical (unpaired) electrons. The molecule has 0 unspecified atom stereocenters. The van der Waals surface area contributed by atoms with Gasteiger partial charge >= 0.3 is 0 Å². The van der Waals surface area contributed by atoms with Gasteiger partial charge in [-0.1, -0.05) is 61.9 Å². The molecule has 1 aliphatic rings. The summed E-state index contributed by atoms with van der Waals surface area (Å²) < 4.78 is 20.2. The summed E-state index contributed by atoms with van der Waals surface area (Å²) in [6.07, 6.45) is 8.50. The predicted molar refractivity (Wildman–Crippen MR) is 98.5 cm³/mol. The van der Waals surface area contributed by atoms with Crippen molar-refractivity contribution in [2.45, 2.75) is 32.7 Å². The lowest BCUT2D eigenvalue weighted by atomic mass is 10.1. The fourth-order valence-corrected chi connectivity index (χ4v) is 4.04. The Kier molecular flexibility index (Phi) is 7.89. The van der Waals surface area contributed by atoms with Crippen LogP contribution in [0.15, 0.2) is 48.1 Å². The van der Waals surface area contributed by atoms with Gasteiger partial charge in [-0.2, -0.15) is 0 Å². The Labute approximate surface area is 143 Å². The standard InChI is InChI=1S/C19H27NO2S/c1-3-5-15-23(21)20-14-13-18(16-22-4-2)19(20)12-11-17-9-7-6-8-10-17/h6-13,19H,3-5,14-16H2,1-2H3/b12-11+/t19-,23-/m0/s1. The molecule has 0 bridgehead atoms. The second-order valence-corrected chi connectivity index (χ2v) is 7.13. The van der Waals surface area contributed by atoms with Gasteiger partial charge in [0.25, 0.3) is 0 Å². The highest BCUT2D eigenvalue weighted by atomic mass is 32.2. The molecular formula is C19H27NO2S. The van der Waals surface area contributed by atoms with Crippen LogP contribution in [0.25, 0.3) is 6.08 Å². The molecule has 0 saturated carbocycles. The molecule has 0 spiro atoms. The van der Waals surface area contributed by atoms with Crippen molar-refractivity contribution in [2.24, 2.45) is 0 Å². The third-order valence-corrected chi connectivity index (χ3v) is 5.44. The quantitative estimate of drug-likeness (QED) is 0.509. The first-order valence-corrected chi connectivity index (χ1v) is 9.68. The van der Waals surface area contributed by atoms with Crippen molar-refractivity contribution < 1.29 is 9.29 Å². The zero-order valence-corrected chi connectivity index (χ0v) is 14.9. The molecule has 126 valence electrons. The molecule has 0 aromatic heterocycles. The molecule has 23 heavy (non-hydrogen) atoms. The van der Waals surface area contributed by atoms with Crippen LogP contribution < -0.4 is 0 Å². The summed E-state index contributed by atoms with van der Waals surface area (Å²) in [4.78, 5) is 0. The Balaban J connectivity index is 2.08.